The van der Waals surface area contributed by atoms with Crippen LogP contribution in [0.5, 0.6) is 0 Å². The van der Waals surface area contributed by atoms with Gasteiger partial charge in [0.2, 0.25) is 0 Å². The van der Waals surface area contributed by atoms with E-state index in [1.165, 1.54) is 0 Å². The summed E-state index contributed by atoms with van der Waals surface area (Å²) in [6.07, 6.45) is 0. The summed E-state index contributed by atoms with van der Waals surface area (Å²) in [5.74, 6) is -1.16. The van der Waals surface area contributed by atoms with E-state index in [2.05, 4.69) is 31.0 Å². The molecule has 19 heavy (non-hydrogen) atoms. The zero-order valence-electron chi connectivity index (χ0n) is 11.1. The van der Waals surface area contributed by atoms with E-state index < -0.39 is 11.5 Å². The van der Waals surface area contributed by atoms with E-state index in [4.69, 9.17) is 5.11 Å². The van der Waals surface area contributed by atoms with Crippen molar-refractivity contribution in [3.8, 4) is 11.1 Å². The van der Waals surface area contributed by atoms with Gasteiger partial charge in [-0.15, -0.1) is 0 Å². The monoisotopic (exact) mass is 260 g/mol. The summed E-state index contributed by atoms with van der Waals surface area (Å²) in [6.45, 7) is 6.27. The first-order valence-corrected chi connectivity index (χ1v) is 5.95. The topological polar surface area (TPSA) is 85.9 Å². The van der Waals surface area contributed by atoms with Gasteiger partial charge in [0.05, 0.1) is 5.56 Å². The number of carboxylic acids is 1. The van der Waals surface area contributed by atoms with E-state index >= 15 is 0 Å². The van der Waals surface area contributed by atoms with E-state index in [9.17, 15) is 9.59 Å². The van der Waals surface area contributed by atoms with Crippen LogP contribution >= 0.6 is 0 Å². The second-order valence-corrected chi connectivity index (χ2v) is 5.46. The third kappa shape index (κ3) is 2.45. The van der Waals surface area contributed by atoms with E-state index in [0.29, 0.717) is 5.56 Å². The number of nitrogens with one attached hydrogen (secondary N) is 2. The highest BCUT2D eigenvalue weighted by atomic mass is 16.4. The number of aromatic amines is 2. The number of hydrogen-bond donors (Lipinski definition) is 3. The Hall–Kier alpha value is -2.30. The maximum atomic E-state index is 11.7. The van der Waals surface area contributed by atoms with Gasteiger partial charge in [-0.2, -0.15) is 0 Å². The molecule has 0 fully saturated rings. The van der Waals surface area contributed by atoms with Crippen molar-refractivity contribution in [2.75, 3.05) is 0 Å². The van der Waals surface area contributed by atoms with Gasteiger partial charge in [-0.1, -0.05) is 45.0 Å². The number of hydrogen-bond acceptors (Lipinski definition) is 2. The van der Waals surface area contributed by atoms with Crippen LogP contribution in [0.2, 0.25) is 0 Å². The standard InChI is InChI=1S/C14H16N2O3/c1-14(2,3)9-6-4-8(5-7-9)10-11(13(18)19)15-16-12(10)17/h4-7H,1-3H3,(H,18,19)(H2,15,16,17). The number of benzene rings is 1. The summed E-state index contributed by atoms with van der Waals surface area (Å²) >= 11 is 0. The summed E-state index contributed by atoms with van der Waals surface area (Å²) in [5, 5.41) is 13.7. The maximum absolute atomic E-state index is 11.7. The third-order valence-electron chi connectivity index (χ3n) is 3.03. The smallest absolute Gasteiger partial charge is 0.354 e. The van der Waals surface area contributed by atoms with Crippen LogP contribution in [0.3, 0.4) is 0 Å². The predicted octanol–water partition coefficient (Wildman–Crippen LogP) is 2.37. The summed E-state index contributed by atoms with van der Waals surface area (Å²) < 4.78 is 0. The fourth-order valence-electron chi connectivity index (χ4n) is 1.93. The van der Waals surface area contributed by atoms with Gasteiger partial charge in [0.25, 0.3) is 5.56 Å². The molecule has 0 atom stereocenters. The molecule has 0 bridgehead atoms. The predicted molar refractivity (Wildman–Crippen MR) is 72.5 cm³/mol. The van der Waals surface area contributed by atoms with Crippen molar-refractivity contribution in [2.45, 2.75) is 26.2 Å². The van der Waals surface area contributed by atoms with E-state index in [-0.39, 0.29) is 16.7 Å². The molecule has 0 saturated heterocycles. The summed E-state index contributed by atoms with van der Waals surface area (Å²) in [7, 11) is 0. The van der Waals surface area contributed by atoms with Crippen LogP contribution in [0, 0.1) is 0 Å². The molecule has 0 saturated carbocycles. The number of rotatable bonds is 2. The molecule has 3 N–H and O–H groups in total. The molecule has 1 heterocycles. The molecule has 0 aliphatic carbocycles. The van der Waals surface area contributed by atoms with Crippen molar-refractivity contribution in [1.29, 1.82) is 0 Å². The first-order chi connectivity index (χ1) is 8.80. The molecule has 0 radical (unpaired) electrons. The molecule has 0 aliphatic rings. The van der Waals surface area contributed by atoms with Crippen LogP contribution in [0.4, 0.5) is 0 Å². The van der Waals surface area contributed by atoms with Crippen LogP contribution < -0.4 is 5.56 Å². The highest BCUT2D eigenvalue weighted by Gasteiger charge is 2.19. The van der Waals surface area contributed by atoms with Gasteiger partial charge in [0.1, 0.15) is 0 Å². The molecule has 100 valence electrons. The molecular formula is C14H16N2O3. The number of carboxylic acid groups (broad SMARTS) is 1. The number of aromatic nitrogens is 2. The Morgan fingerprint density at radius 2 is 1.68 bits per heavy atom. The Morgan fingerprint density at radius 1 is 1.11 bits per heavy atom. The Kier molecular flexibility index (Phi) is 3.06. The van der Waals surface area contributed by atoms with E-state index in [1.54, 1.807) is 12.1 Å². The highest BCUT2D eigenvalue weighted by Crippen LogP contribution is 2.25. The quantitative estimate of drug-likeness (QED) is 0.774. The minimum Gasteiger partial charge on any atom is -0.477 e. The highest BCUT2D eigenvalue weighted by molar-refractivity contribution is 5.93. The van der Waals surface area contributed by atoms with Crippen LogP contribution in [-0.4, -0.2) is 21.3 Å². The fraction of sp³-hybridized carbons (Fsp3) is 0.286. The SMILES string of the molecule is CC(C)(C)c1ccc(-c2c(C(=O)O)[nH][nH]c2=O)cc1. The van der Waals surface area contributed by atoms with Crippen LogP contribution in [-0.2, 0) is 5.41 Å². The molecule has 5 heteroatoms. The van der Waals surface area contributed by atoms with Gasteiger partial charge >= 0.3 is 5.97 Å². The lowest BCUT2D eigenvalue weighted by molar-refractivity contribution is 0.0691. The van der Waals surface area contributed by atoms with Crippen LogP contribution in [0.1, 0.15) is 36.8 Å². The van der Waals surface area contributed by atoms with Crippen molar-refractivity contribution >= 4 is 5.97 Å². The van der Waals surface area contributed by atoms with Crippen molar-refractivity contribution in [1.82, 2.24) is 10.2 Å². The Balaban J connectivity index is 2.52. The molecule has 1 aromatic carbocycles. The van der Waals surface area contributed by atoms with Crippen LogP contribution in [0.25, 0.3) is 11.1 Å². The minimum atomic E-state index is -1.16. The maximum Gasteiger partial charge on any atom is 0.354 e. The summed E-state index contributed by atoms with van der Waals surface area (Å²) in [6, 6.07) is 7.36. The summed E-state index contributed by atoms with van der Waals surface area (Å²) in [5.41, 5.74) is 1.34. The van der Waals surface area contributed by atoms with Gasteiger partial charge in [-0.3, -0.25) is 15.0 Å². The number of carbonyl (C=O) groups is 1. The molecular weight excluding hydrogens is 244 g/mol. The normalized spacial score (nSPS) is 11.5. The minimum absolute atomic E-state index is 0.0126. The summed E-state index contributed by atoms with van der Waals surface area (Å²) in [4.78, 5) is 22.7. The molecule has 2 rings (SSSR count). The Morgan fingerprint density at radius 3 is 2.16 bits per heavy atom. The van der Waals surface area contributed by atoms with Gasteiger partial charge in [0, 0.05) is 0 Å². The third-order valence-corrected chi connectivity index (χ3v) is 3.03. The molecule has 0 unspecified atom stereocenters. The zero-order chi connectivity index (χ0) is 14.2. The largest absolute Gasteiger partial charge is 0.477 e. The van der Waals surface area contributed by atoms with Gasteiger partial charge in [-0.05, 0) is 16.5 Å². The van der Waals surface area contributed by atoms with Gasteiger partial charge < -0.3 is 5.11 Å². The molecule has 2 aromatic rings. The first kappa shape index (κ1) is 13.1. The average molecular weight is 260 g/mol. The Bertz CT molecular complexity index is 657. The lowest BCUT2D eigenvalue weighted by Crippen LogP contribution is -2.11. The lowest BCUT2D eigenvalue weighted by atomic mass is 9.86. The zero-order valence-corrected chi connectivity index (χ0v) is 11.1. The fourth-order valence-corrected chi connectivity index (χ4v) is 1.93. The molecule has 1 aromatic heterocycles. The Labute approximate surface area is 110 Å². The van der Waals surface area contributed by atoms with Crippen molar-refractivity contribution in [3.63, 3.8) is 0 Å². The molecule has 0 spiro atoms. The second kappa shape index (κ2) is 4.42. The van der Waals surface area contributed by atoms with Crippen LogP contribution in [0.15, 0.2) is 29.1 Å². The first-order valence-electron chi connectivity index (χ1n) is 5.95. The lowest BCUT2D eigenvalue weighted by Gasteiger charge is -2.19. The number of aromatic carboxylic acids is 1. The van der Waals surface area contributed by atoms with E-state index in [1.807, 2.05) is 12.1 Å². The van der Waals surface area contributed by atoms with Crippen molar-refractivity contribution in [2.24, 2.45) is 0 Å². The van der Waals surface area contributed by atoms with E-state index in [0.717, 1.165) is 5.56 Å². The molecule has 0 aliphatic heterocycles. The number of H-pyrrole nitrogens is 2. The van der Waals surface area contributed by atoms with Crippen molar-refractivity contribution in [3.05, 3.63) is 45.9 Å². The van der Waals surface area contributed by atoms with Gasteiger partial charge in [-0.25, -0.2) is 4.79 Å². The average Bonchev–Trinajstić information content (AvgIpc) is 2.70. The molecule has 0 amide bonds. The van der Waals surface area contributed by atoms with Gasteiger partial charge in [0.15, 0.2) is 5.69 Å². The van der Waals surface area contributed by atoms with Crippen molar-refractivity contribution < 1.29 is 9.90 Å². The second-order valence-electron chi connectivity index (χ2n) is 5.46. The molecule has 5 nitrogen and oxygen atoms in total.